The third kappa shape index (κ3) is 3.77. The lowest BCUT2D eigenvalue weighted by molar-refractivity contribution is -0.148. The van der Waals surface area contributed by atoms with Gasteiger partial charge in [0.25, 0.3) is 5.91 Å². The van der Waals surface area contributed by atoms with Gasteiger partial charge in [-0.25, -0.2) is 0 Å². The van der Waals surface area contributed by atoms with Crippen LogP contribution in [-0.4, -0.2) is 61.2 Å². The Morgan fingerprint density at radius 1 is 1.17 bits per heavy atom. The molecule has 0 saturated carbocycles. The highest BCUT2D eigenvalue weighted by Gasteiger charge is 2.33. The van der Waals surface area contributed by atoms with Gasteiger partial charge < -0.3 is 10.2 Å². The molecule has 0 aliphatic carbocycles. The molecule has 7 heteroatoms. The van der Waals surface area contributed by atoms with Crippen LogP contribution in [0.1, 0.15) is 22.3 Å². The monoisotopic (exact) mass is 327 g/mol. The first kappa shape index (κ1) is 16.1. The predicted molar refractivity (Wildman–Crippen MR) is 81.7 cm³/mol. The average Bonchev–Trinajstić information content (AvgIpc) is 2.53. The van der Waals surface area contributed by atoms with Crippen LogP contribution in [0.5, 0.6) is 0 Å². The number of hydrogen-bond donors (Lipinski definition) is 1. The van der Waals surface area contributed by atoms with Crippen molar-refractivity contribution < 1.29 is 18.0 Å². The average molecular weight is 327 g/mol. The number of nitrogens with one attached hydrogen (secondary N) is 1. The van der Waals surface area contributed by atoms with Crippen molar-refractivity contribution in [2.45, 2.75) is 19.0 Å². The number of piperazine rings is 1. The Morgan fingerprint density at radius 2 is 1.91 bits per heavy atom. The van der Waals surface area contributed by atoms with E-state index >= 15 is 0 Å². The highest BCUT2D eigenvalue weighted by Crippen LogP contribution is 2.26. The summed E-state index contributed by atoms with van der Waals surface area (Å²) >= 11 is 0. The van der Waals surface area contributed by atoms with E-state index in [0.29, 0.717) is 18.7 Å². The van der Waals surface area contributed by atoms with Crippen molar-refractivity contribution in [3.63, 3.8) is 0 Å². The lowest BCUT2D eigenvalue weighted by atomic mass is 9.96. The molecule has 23 heavy (non-hydrogen) atoms. The second-order valence-corrected chi connectivity index (χ2v) is 6.05. The summed E-state index contributed by atoms with van der Waals surface area (Å²) in [5.74, 6) is -0.0720. The first-order valence-corrected chi connectivity index (χ1v) is 7.88. The number of rotatable bonds is 2. The molecule has 1 aromatic rings. The van der Waals surface area contributed by atoms with Gasteiger partial charge in [0.1, 0.15) is 0 Å². The Balaban J connectivity index is 1.66. The summed E-state index contributed by atoms with van der Waals surface area (Å²) in [6.07, 6.45) is -2.34. The van der Waals surface area contributed by atoms with E-state index in [0.717, 1.165) is 30.6 Å². The van der Waals surface area contributed by atoms with Crippen molar-refractivity contribution in [3.8, 4) is 0 Å². The standard InChI is InChI=1S/C16H20F3N3O/c17-16(18,19)11-21-7-9-22(10-8-21)15(23)13-3-1-5-14-12(13)4-2-6-20-14/h1,3,5,20H,2,4,6-11H2. The molecule has 3 rings (SSSR count). The molecule has 0 atom stereocenters. The molecular weight excluding hydrogens is 307 g/mol. The van der Waals surface area contributed by atoms with Crippen LogP contribution in [0.2, 0.25) is 0 Å². The molecule has 126 valence electrons. The van der Waals surface area contributed by atoms with Crippen molar-refractivity contribution in [2.24, 2.45) is 0 Å². The van der Waals surface area contributed by atoms with Gasteiger partial charge in [0.15, 0.2) is 0 Å². The van der Waals surface area contributed by atoms with E-state index in [1.165, 1.54) is 4.90 Å². The van der Waals surface area contributed by atoms with Crippen LogP contribution in [0.15, 0.2) is 18.2 Å². The molecule has 0 aromatic heterocycles. The second-order valence-electron chi connectivity index (χ2n) is 6.05. The van der Waals surface area contributed by atoms with Crippen molar-refractivity contribution >= 4 is 11.6 Å². The van der Waals surface area contributed by atoms with Gasteiger partial charge in [0, 0.05) is 44.0 Å². The van der Waals surface area contributed by atoms with E-state index in [-0.39, 0.29) is 19.0 Å². The van der Waals surface area contributed by atoms with Gasteiger partial charge in [0.2, 0.25) is 0 Å². The zero-order valence-corrected chi connectivity index (χ0v) is 12.8. The summed E-state index contributed by atoms with van der Waals surface area (Å²) < 4.78 is 37.3. The van der Waals surface area contributed by atoms with E-state index in [2.05, 4.69) is 5.32 Å². The van der Waals surface area contributed by atoms with E-state index in [4.69, 9.17) is 0 Å². The van der Waals surface area contributed by atoms with Gasteiger partial charge in [-0.2, -0.15) is 13.2 Å². The minimum absolute atomic E-state index is 0.0720. The molecule has 1 saturated heterocycles. The Bertz CT molecular complexity index is 580. The molecule has 1 N–H and O–H groups in total. The summed E-state index contributed by atoms with van der Waals surface area (Å²) in [4.78, 5) is 15.7. The van der Waals surface area contributed by atoms with E-state index in [9.17, 15) is 18.0 Å². The largest absolute Gasteiger partial charge is 0.401 e. The SMILES string of the molecule is O=C(c1cccc2c1CCCN2)N1CCN(CC(F)(F)F)CC1. The van der Waals surface area contributed by atoms with Crippen molar-refractivity contribution in [1.82, 2.24) is 9.80 Å². The summed E-state index contributed by atoms with van der Waals surface area (Å²) in [7, 11) is 0. The quantitative estimate of drug-likeness (QED) is 0.906. The van der Waals surface area contributed by atoms with Crippen LogP contribution in [0.25, 0.3) is 0 Å². The van der Waals surface area contributed by atoms with Gasteiger partial charge in [-0.05, 0) is 30.5 Å². The number of nitrogens with zero attached hydrogens (tertiary/aromatic N) is 2. The number of carbonyl (C=O) groups is 1. The molecule has 1 amide bonds. The number of alkyl halides is 3. The Morgan fingerprint density at radius 3 is 2.61 bits per heavy atom. The molecule has 2 aliphatic rings. The molecular formula is C16H20F3N3O. The van der Waals surface area contributed by atoms with Gasteiger partial charge in [-0.15, -0.1) is 0 Å². The zero-order chi connectivity index (χ0) is 16.4. The Labute approximate surface area is 133 Å². The van der Waals surface area contributed by atoms with Crippen molar-refractivity contribution in [1.29, 1.82) is 0 Å². The summed E-state index contributed by atoms with van der Waals surface area (Å²) in [6.45, 7) is 1.20. The predicted octanol–water partition coefficient (Wildman–Crippen LogP) is 2.36. The summed E-state index contributed by atoms with van der Waals surface area (Å²) in [5, 5.41) is 3.29. The van der Waals surface area contributed by atoms with Crippen molar-refractivity contribution in [3.05, 3.63) is 29.3 Å². The van der Waals surface area contributed by atoms with E-state index in [1.807, 2.05) is 18.2 Å². The number of halogens is 3. The topological polar surface area (TPSA) is 35.6 Å². The lowest BCUT2D eigenvalue weighted by Crippen LogP contribution is -2.51. The normalized spacial score (nSPS) is 19.2. The molecule has 2 aliphatic heterocycles. The third-order valence-corrected chi connectivity index (χ3v) is 4.39. The maximum absolute atomic E-state index is 12.7. The molecule has 0 spiro atoms. The van der Waals surface area contributed by atoms with Crippen LogP contribution in [0, 0.1) is 0 Å². The Hall–Kier alpha value is -1.76. The molecule has 0 radical (unpaired) electrons. The number of carbonyl (C=O) groups excluding carboxylic acids is 1. The molecule has 1 aromatic carbocycles. The van der Waals surface area contributed by atoms with Crippen molar-refractivity contribution in [2.75, 3.05) is 44.6 Å². The minimum Gasteiger partial charge on any atom is -0.385 e. The van der Waals surface area contributed by atoms with Crippen LogP contribution in [-0.2, 0) is 6.42 Å². The molecule has 4 nitrogen and oxygen atoms in total. The highest BCUT2D eigenvalue weighted by molar-refractivity contribution is 5.97. The van der Waals surface area contributed by atoms with E-state index < -0.39 is 12.7 Å². The fraction of sp³-hybridized carbons (Fsp3) is 0.562. The van der Waals surface area contributed by atoms with Crippen LogP contribution in [0.4, 0.5) is 18.9 Å². The smallest absolute Gasteiger partial charge is 0.385 e. The number of amides is 1. The van der Waals surface area contributed by atoms with Gasteiger partial charge in [-0.1, -0.05) is 6.07 Å². The zero-order valence-electron chi connectivity index (χ0n) is 12.8. The summed E-state index contributed by atoms with van der Waals surface area (Å²) in [6, 6.07) is 5.63. The third-order valence-electron chi connectivity index (χ3n) is 4.39. The minimum atomic E-state index is -4.18. The number of hydrogen-bond acceptors (Lipinski definition) is 3. The lowest BCUT2D eigenvalue weighted by Gasteiger charge is -2.35. The van der Waals surface area contributed by atoms with Crippen LogP contribution < -0.4 is 5.32 Å². The maximum atomic E-state index is 12.7. The fourth-order valence-corrected chi connectivity index (χ4v) is 3.24. The molecule has 0 unspecified atom stereocenters. The number of fused-ring (bicyclic) bond motifs is 1. The number of benzene rings is 1. The highest BCUT2D eigenvalue weighted by atomic mass is 19.4. The second kappa shape index (κ2) is 6.39. The Kier molecular flexibility index (Phi) is 4.48. The number of anilines is 1. The van der Waals surface area contributed by atoms with Crippen LogP contribution >= 0.6 is 0 Å². The molecule has 1 fully saturated rings. The molecule has 2 heterocycles. The first-order valence-electron chi connectivity index (χ1n) is 7.88. The maximum Gasteiger partial charge on any atom is 0.401 e. The summed E-state index contributed by atoms with van der Waals surface area (Å²) in [5.41, 5.74) is 2.71. The van der Waals surface area contributed by atoms with Gasteiger partial charge in [-0.3, -0.25) is 9.69 Å². The van der Waals surface area contributed by atoms with Gasteiger partial charge in [0.05, 0.1) is 6.54 Å². The van der Waals surface area contributed by atoms with Gasteiger partial charge >= 0.3 is 6.18 Å². The fourth-order valence-electron chi connectivity index (χ4n) is 3.24. The van der Waals surface area contributed by atoms with Crippen LogP contribution in [0.3, 0.4) is 0 Å². The van der Waals surface area contributed by atoms with E-state index in [1.54, 1.807) is 4.90 Å². The first-order chi connectivity index (χ1) is 10.9. The molecule has 0 bridgehead atoms.